The quantitative estimate of drug-likeness (QED) is 0.494. The van der Waals surface area contributed by atoms with Gasteiger partial charge < -0.3 is 21.1 Å². The van der Waals surface area contributed by atoms with E-state index in [4.69, 9.17) is 10.5 Å². The predicted molar refractivity (Wildman–Crippen MR) is 109 cm³/mol. The maximum Gasteiger partial charge on any atom is 0.248 e. The van der Waals surface area contributed by atoms with Gasteiger partial charge in [0.1, 0.15) is 11.9 Å². The van der Waals surface area contributed by atoms with Gasteiger partial charge >= 0.3 is 0 Å². The topological polar surface area (TPSA) is 88.7 Å². The van der Waals surface area contributed by atoms with Gasteiger partial charge in [-0.15, -0.1) is 0 Å². The molecule has 0 spiro atoms. The normalized spacial score (nSPS) is 12.3. The summed E-state index contributed by atoms with van der Waals surface area (Å²) in [6.07, 6.45) is -0.00879. The van der Waals surface area contributed by atoms with Crippen molar-refractivity contribution in [3.05, 3.63) is 65.2 Å². The van der Waals surface area contributed by atoms with Gasteiger partial charge in [-0.2, -0.15) is 0 Å². The minimum absolute atomic E-state index is 0.00879. The van der Waals surface area contributed by atoms with Gasteiger partial charge in [0.2, 0.25) is 5.91 Å². The Labute approximate surface area is 160 Å². The average Bonchev–Trinajstić information content (AvgIpc) is 2.64. The third-order valence-electron chi connectivity index (χ3n) is 3.89. The van der Waals surface area contributed by atoms with Crippen LogP contribution in [0.5, 0.6) is 5.75 Å². The zero-order valence-electron chi connectivity index (χ0n) is 16.2. The highest BCUT2D eigenvalue weighted by molar-refractivity contribution is 5.92. The number of carbonyl (C=O) groups is 1. The average molecular weight is 368 g/mol. The zero-order valence-corrected chi connectivity index (χ0v) is 16.2. The molecule has 0 aliphatic heterocycles. The molecule has 6 nitrogen and oxygen atoms in total. The van der Waals surface area contributed by atoms with Crippen molar-refractivity contribution in [1.29, 1.82) is 0 Å². The molecule has 1 atom stereocenters. The Kier molecular flexibility index (Phi) is 7.67. The van der Waals surface area contributed by atoms with Gasteiger partial charge in [0.05, 0.1) is 13.1 Å². The van der Waals surface area contributed by atoms with Gasteiger partial charge in [-0.05, 0) is 56.2 Å². The molecule has 6 heteroatoms. The number of nitrogens with zero attached hydrogens (tertiary/aromatic N) is 1. The molecule has 2 rings (SSSR count). The van der Waals surface area contributed by atoms with E-state index < -0.39 is 5.91 Å². The highest BCUT2D eigenvalue weighted by Crippen LogP contribution is 2.13. The highest BCUT2D eigenvalue weighted by Gasteiger charge is 2.06. The first-order valence-corrected chi connectivity index (χ1v) is 9.12. The van der Waals surface area contributed by atoms with E-state index in [0.717, 1.165) is 23.8 Å². The van der Waals surface area contributed by atoms with Crippen molar-refractivity contribution in [1.82, 2.24) is 10.6 Å². The molecule has 1 unspecified atom stereocenters. The number of guanidine groups is 1. The van der Waals surface area contributed by atoms with E-state index in [1.165, 1.54) is 5.56 Å². The monoisotopic (exact) mass is 368 g/mol. The summed E-state index contributed by atoms with van der Waals surface area (Å²) in [4.78, 5) is 15.7. The fourth-order valence-corrected chi connectivity index (χ4v) is 2.49. The van der Waals surface area contributed by atoms with Crippen molar-refractivity contribution in [2.24, 2.45) is 10.7 Å². The fourth-order valence-electron chi connectivity index (χ4n) is 2.49. The molecule has 0 radical (unpaired) electrons. The standard InChI is InChI=1S/C21H28N4O2/c1-4-23-21(25-14-17-8-10-18(11-9-17)20(22)26)24-13-16(3)27-19-7-5-6-15(2)12-19/h5-12,16H,4,13-14H2,1-3H3,(H2,22,26)(H2,23,24,25). The maximum atomic E-state index is 11.1. The Balaban J connectivity index is 1.89. The van der Waals surface area contributed by atoms with Gasteiger partial charge in [0.25, 0.3) is 0 Å². The third kappa shape index (κ3) is 7.01. The lowest BCUT2D eigenvalue weighted by Crippen LogP contribution is -2.41. The van der Waals surface area contributed by atoms with Crippen LogP contribution in [0.15, 0.2) is 53.5 Å². The SMILES string of the molecule is CCNC(=NCc1ccc(C(N)=O)cc1)NCC(C)Oc1cccc(C)c1. The van der Waals surface area contributed by atoms with E-state index in [1.807, 2.05) is 57.2 Å². The van der Waals surface area contributed by atoms with Crippen molar-refractivity contribution < 1.29 is 9.53 Å². The van der Waals surface area contributed by atoms with Gasteiger partial charge in [0.15, 0.2) is 5.96 Å². The second-order valence-electron chi connectivity index (χ2n) is 6.38. The molecule has 2 aromatic rings. The second kappa shape index (κ2) is 10.2. The van der Waals surface area contributed by atoms with Crippen LogP contribution in [0.2, 0.25) is 0 Å². The van der Waals surface area contributed by atoms with Crippen LogP contribution in [0.25, 0.3) is 0 Å². The first-order chi connectivity index (χ1) is 13.0. The first-order valence-electron chi connectivity index (χ1n) is 9.12. The number of rotatable bonds is 8. The van der Waals surface area contributed by atoms with Crippen LogP contribution in [0.3, 0.4) is 0 Å². The van der Waals surface area contributed by atoms with E-state index in [1.54, 1.807) is 12.1 Å². The number of aliphatic imine (C=N–C) groups is 1. The minimum atomic E-state index is -0.428. The van der Waals surface area contributed by atoms with Crippen molar-refractivity contribution in [2.75, 3.05) is 13.1 Å². The molecule has 0 aromatic heterocycles. The summed E-state index contributed by atoms with van der Waals surface area (Å²) in [7, 11) is 0. The molecule has 0 fully saturated rings. The van der Waals surface area contributed by atoms with Gasteiger partial charge in [-0.25, -0.2) is 4.99 Å². The van der Waals surface area contributed by atoms with Crippen LogP contribution in [-0.4, -0.2) is 31.1 Å². The number of ether oxygens (including phenoxy) is 1. The van der Waals surface area contributed by atoms with Crippen LogP contribution < -0.4 is 21.1 Å². The Hall–Kier alpha value is -3.02. The molecule has 0 aliphatic carbocycles. The number of nitrogens with two attached hydrogens (primary N) is 1. The number of benzene rings is 2. The van der Waals surface area contributed by atoms with Crippen molar-refractivity contribution in [3.8, 4) is 5.75 Å². The molecule has 0 aliphatic rings. The molecular weight excluding hydrogens is 340 g/mol. The Morgan fingerprint density at radius 2 is 1.93 bits per heavy atom. The van der Waals surface area contributed by atoms with E-state index in [-0.39, 0.29) is 6.10 Å². The number of carbonyl (C=O) groups excluding carboxylic acids is 1. The largest absolute Gasteiger partial charge is 0.489 e. The van der Waals surface area contributed by atoms with E-state index in [2.05, 4.69) is 15.6 Å². The molecule has 0 saturated heterocycles. The molecule has 27 heavy (non-hydrogen) atoms. The molecule has 0 saturated carbocycles. The summed E-state index contributed by atoms with van der Waals surface area (Å²) < 4.78 is 5.93. The number of nitrogens with one attached hydrogen (secondary N) is 2. The lowest BCUT2D eigenvalue weighted by Gasteiger charge is -2.18. The molecule has 1 amide bonds. The first kappa shape index (κ1) is 20.3. The van der Waals surface area contributed by atoms with E-state index >= 15 is 0 Å². The van der Waals surface area contributed by atoms with Crippen molar-refractivity contribution in [2.45, 2.75) is 33.4 Å². The van der Waals surface area contributed by atoms with E-state index in [0.29, 0.717) is 18.7 Å². The number of aryl methyl sites for hydroxylation is 1. The van der Waals surface area contributed by atoms with Crippen LogP contribution >= 0.6 is 0 Å². The summed E-state index contributed by atoms with van der Waals surface area (Å²) in [6, 6.07) is 15.1. The van der Waals surface area contributed by atoms with Crippen LogP contribution in [0.4, 0.5) is 0 Å². The van der Waals surface area contributed by atoms with Crippen molar-refractivity contribution >= 4 is 11.9 Å². The molecule has 4 N–H and O–H groups in total. The summed E-state index contributed by atoms with van der Waals surface area (Å²) in [5.41, 5.74) is 7.93. The fraction of sp³-hybridized carbons (Fsp3) is 0.333. The Bertz CT molecular complexity index is 772. The van der Waals surface area contributed by atoms with Gasteiger partial charge in [-0.3, -0.25) is 4.79 Å². The molecular formula is C21H28N4O2. The van der Waals surface area contributed by atoms with Crippen LogP contribution in [0, 0.1) is 6.92 Å². The van der Waals surface area contributed by atoms with Gasteiger partial charge in [0, 0.05) is 12.1 Å². The number of amides is 1. The smallest absolute Gasteiger partial charge is 0.248 e. The summed E-state index contributed by atoms with van der Waals surface area (Å²) in [6.45, 7) is 7.97. The Morgan fingerprint density at radius 3 is 2.56 bits per heavy atom. The van der Waals surface area contributed by atoms with Crippen LogP contribution in [0.1, 0.15) is 35.3 Å². The molecule has 0 bridgehead atoms. The lowest BCUT2D eigenvalue weighted by molar-refractivity contribution is 0.100. The Morgan fingerprint density at radius 1 is 1.19 bits per heavy atom. The van der Waals surface area contributed by atoms with Gasteiger partial charge in [-0.1, -0.05) is 24.3 Å². The summed E-state index contributed by atoms with van der Waals surface area (Å²) in [5, 5.41) is 6.51. The van der Waals surface area contributed by atoms with E-state index in [9.17, 15) is 4.79 Å². The third-order valence-corrected chi connectivity index (χ3v) is 3.89. The molecule has 144 valence electrons. The predicted octanol–water partition coefficient (Wildman–Crippen LogP) is 2.62. The van der Waals surface area contributed by atoms with Crippen molar-refractivity contribution in [3.63, 3.8) is 0 Å². The number of hydrogen-bond donors (Lipinski definition) is 3. The minimum Gasteiger partial charge on any atom is -0.489 e. The van der Waals surface area contributed by atoms with Crippen LogP contribution in [-0.2, 0) is 6.54 Å². The number of hydrogen-bond acceptors (Lipinski definition) is 3. The highest BCUT2D eigenvalue weighted by atomic mass is 16.5. The lowest BCUT2D eigenvalue weighted by atomic mass is 10.1. The maximum absolute atomic E-state index is 11.1. The molecule has 0 heterocycles. The molecule has 2 aromatic carbocycles. The summed E-state index contributed by atoms with van der Waals surface area (Å²) >= 11 is 0. The number of primary amides is 1. The second-order valence-corrected chi connectivity index (χ2v) is 6.38. The summed E-state index contributed by atoms with van der Waals surface area (Å²) in [5.74, 6) is 1.15. The zero-order chi connectivity index (χ0) is 19.6.